The summed E-state index contributed by atoms with van der Waals surface area (Å²) in [6.45, 7) is 5.47. The molecule has 0 aromatic heterocycles. The van der Waals surface area contributed by atoms with E-state index in [0.717, 1.165) is 44.5 Å². The largest absolute Gasteiger partial charge is 0.353 e. The number of rotatable bonds is 8. The Hall–Kier alpha value is -1.51. The van der Waals surface area contributed by atoms with E-state index in [-0.39, 0.29) is 29.4 Å². The molecule has 0 aliphatic carbocycles. The molecule has 1 aromatic rings. The van der Waals surface area contributed by atoms with Gasteiger partial charge in [0, 0.05) is 44.7 Å². The number of sulfonamides is 1. The molecule has 0 spiro atoms. The van der Waals surface area contributed by atoms with Crippen molar-refractivity contribution in [2.75, 3.05) is 31.9 Å². The lowest BCUT2D eigenvalue weighted by Crippen LogP contribution is -2.48. The summed E-state index contributed by atoms with van der Waals surface area (Å²) in [4.78, 5) is 15.0. The number of halogens is 1. The van der Waals surface area contributed by atoms with Crippen molar-refractivity contribution in [1.82, 2.24) is 14.5 Å². The fourth-order valence-electron chi connectivity index (χ4n) is 4.25. The van der Waals surface area contributed by atoms with Gasteiger partial charge in [-0.3, -0.25) is 9.69 Å². The minimum atomic E-state index is -3.18. The number of likely N-dealkylation sites (tertiary alicyclic amines) is 1. The second-order valence-electron chi connectivity index (χ2n) is 8.53. The third kappa shape index (κ3) is 6.49. The van der Waals surface area contributed by atoms with Crippen LogP contribution in [-0.2, 0) is 21.4 Å². The lowest BCUT2D eigenvalue weighted by Gasteiger charge is -2.34. The summed E-state index contributed by atoms with van der Waals surface area (Å²) in [7, 11) is -3.18. The van der Waals surface area contributed by atoms with Crippen LogP contribution in [0.25, 0.3) is 0 Å². The van der Waals surface area contributed by atoms with E-state index in [4.69, 9.17) is 0 Å². The van der Waals surface area contributed by atoms with Crippen molar-refractivity contribution in [1.29, 1.82) is 0 Å². The summed E-state index contributed by atoms with van der Waals surface area (Å²) < 4.78 is 39.2. The van der Waals surface area contributed by atoms with Gasteiger partial charge < -0.3 is 5.32 Å². The SMILES string of the molecule is CCCCS(=O)(=O)N1CCC(C(=O)NC2CCN(Cc3ccc(F)cc3)CC2)CC1. The van der Waals surface area contributed by atoms with E-state index in [1.807, 2.05) is 19.1 Å². The van der Waals surface area contributed by atoms with Crippen LogP contribution in [0, 0.1) is 11.7 Å². The molecule has 1 amide bonds. The second kappa shape index (κ2) is 10.7. The van der Waals surface area contributed by atoms with Crippen molar-refractivity contribution < 1.29 is 17.6 Å². The number of piperidine rings is 2. The van der Waals surface area contributed by atoms with Crippen LogP contribution >= 0.6 is 0 Å². The maximum Gasteiger partial charge on any atom is 0.223 e. The Labute approximate surface area is 179 Å². The number of carbonyl (C=O) groups excluding carboxylic acids is 1. The van der Waals surface area contributed by atoms with Gasteiger partial charge in [0.25, 0.3) is 0 Å². The van der Waals surface area contributed by atoms with Gasteiger partial charge in [-0.1, -0.05) is 25.5 Å². The van der Waals surface area contributed by atoms with E-state index in [2.05, 4.69) is 10.2 Å². The molecular formula is C22H34FN3O3S. The Morgan fingerprint density at radius 1 is 1.07 bits per heavy atom. The molecule has 168 valence electrons. The first-order valence-corrected chi connectivity index (χ1v) is 12.7. The first-order chi connectivity index (χ1) is 14.4. The van der Waals surface area contributed by atoms with E-state index >= 15 is 0 Å². The minimum Gasteiger partial charge on any atom is -0.353 e. The molecule has 2 aliphatic rings. The van der Waals surface area contributed by atoms with Crippen molar-refractivity contribution in [2.24, 2.45) is 5.92 Å². The predicted octanol–water partition coefficient (Wildman–Crippen LogP) is 2.75. The highest BCUT2D eigenvalue weighted by Crippen LogP contribution is 2.22. The van der Waals surface area contributed by atoms with Crippen molar-refractivity contribution in [2.45, 2.75) is 58.0 Å². The lowest BCUT2D eigenvalue weighted by atomic mass is 9.95. The van der Waals surface area contributed by atoms with Gasteiger partial charge in [0.2, 0.25) is 15.9 Å². The highest BCUT2D eigenvalue weighted by molar-refractivity contribution is 7.89. The molecule has 2 saturated heterocycles. The molecule has 0 bridgehead atoms. The van der Waals surface area contributed by atoms with Crippen molar-refractivity contribution in [3.05, 3.63) is 35.6 Å². The molecular weight excluding hydrogens is 405 g/mol. The summed E-state index contributed by atoms with van der Waals surface area (Å²) in [5, 5.41) is 3.19. The maximum atomic E-state index is 13.0. The number of hydrogen-bond donors (Lipinski definition) is 1. The molecule has 30 heavy (non-hydrogen) atoms. The van der Waals surface area contributed by atoms with Gasteiger partial charge >= 0.3 is 0 Å². The van der Waals surface area contributed by atoms with Crippen LogP contribution in [0.2, 0.25) is 0 Å². The van der Waals surface area contributed by atoms with Crippen LogP contribution in [0.15, 0.2) is 24.3 Å². The van der Waals surface area contributed by atoms with Gasteiger partial charge in [0.05, 0.1) is 5.75 Å². The molecule has 2 heterocycles. The molecule has 2 fully saturated rings. The second-order valence-corrected chi connectivity index (χ2v) is 10.6. The monoisotopic (exact) mass is 439 g/mol. The maximum absolute atomic E-state index is 13.0. The van der Waals surface area contributed by atoms with Gasteiger partial charge in [-0.15, -0.1) is 0 Å². The van der Waals surface area contributed by atoms with Gasteiger partial charge in [-0.05, 0) is 49.8 Å². The van der Waals surface area contributed by atoms with Gasteiger partial charge in [-0.2, -0.15) is 0 Å². The third-order valence-corrected chi connectivity index (χ3v) is 8.18. The third-order valence-electron chi connectivity index (χ3n) is 6.23. The molecule has 8 heteroatoms. The average Bonchev–Trinajstić information content (AvgIpc) is 2.75. The Balaban J connectivity index is 1.38. The molecule has 3 rings (SSSR count). The van der Waals surface area contributed by atoms with Crippen LogP contribution in [0.1, 0.15) is 51.0 Å². The zero-order chi connectivity index (χ0) is 21.6. The number of carbonyl (C=O) groups is 1. The topological polar surface area (TPSA) is 69.7 Å². The predicted molar refractivity (Wildman–Crippen MR) is 116 cm³/mol. The fourth-order valence-corrected chi connectivity index (χ4v) is 5.93. The number of nitrogens with one attached hydrogen (secondary N) is 1. The Morgan fingerprint density at radius 3 is 2.30 bits per heavy atom. The summed E-state index contributed by atoms with van der Waals surface area (Å²) in [6.07, 6.45) is 4.54. The number of nitrogens with zero attached hydrogens (tertiary/aromatic N) is 2. The minimum absolute atomic E-state index is 0.0672. The number of amides is 1. The molecule has 0 radical (unpaired) electrons. The highest BCUT2D eigenvalue weighted by atomic mass is 32.2. The molecule has 1 aromatic carbocycles. The molecule has 6 nitrogen and oxygen atoms in total. The van der Waals surface area contributed by atoms with Gasteiger partial charge in [0.1, 0.15) is 5.82 Å². The van der Waals surface area contributed by atoms with Gasteiger partial charge in [0.15, 0.2) is 0 Å². The quantitative estimate of drug-likeness (QED) is 0.676. The summed E-state index contributed by atoms with van der Waals surface area (Å²) >= 11 is 0. The summed E-state index contributed by atoms with van der Waals surface area (Å²) in [5.41, 5.74) is 1.10. The van der Waals surface area contributed by atoms with E-state index in [1.54, 1.807) is 4.31 Å². The first kappa shape index (κ1) is 23.2. The van der Waals surface area contributed by atoms with Crippen LogP contribution in [0.5, 0.6) is 0 Å². The molecule has 1 N–H and O–H groups in total. The van der Waals surface area contributed by atoms with Crippen molar-refractivity contribution in [3.8, 4) is 0 Å². The average molecular weight is 440 g/mol. The number of unbranched alkanes of at least 4 members (excludes halogenated alkanes) is 1. The van der Waals surface area contributed by atoms with Crippen LogP contribution in [0.3, 0.4) is 0 Å². The molecule has 0 atom stereocenters. The number of hydrogen-bond acceptors (Lipinski definition) is 4. The van der Waals surface area contributed by atoms with E-state index in [1.165, 1.54) is 12.1 Å². The summed E-state index contributed by atoms with van der Waals surface area (Å²) in [6, 6.07) is 6.79. The highest BCUT2D eigenvalue weighted by Gasteiger charge is 2.32. The standard InChI is InChI=1S/C22H34FN3O3S/c1-2-3-16-30(28,29)26-14-8-19(9-15-26)22(27)24-21-10-12-25(13-11-21)17-18-4-6-20(23)7-5-18/h4-7,19,21H,2-3,8-17H2,1H3,(H,24,27). The van der Waals surface area contributed by atoms with Crippen molar-refractivity contribution >= 4 is 15.9 Å². The normalized spacial score (nSPS) is 20.3. The van der Waals surface area contributed by atoms with E-state index in [0.29, 0.717) is 32.4 Å². The Bertz CT molecular complexity index is 784. The van der Waals surface area contributed by atoms with Crippen molar-refractivity contribution in [3.63, 3.8) is 0 Å². The zero-order valence-corrected chi connectivity index (χ0v) is 18.7. The zero-order valence-electron chi connectivity index (χ0n) is 17.9. The van der Waals surface area contributed by atoms with Crippen LogP contribution < -0.4 is 5.32 Å². The Morgan fingerprint density at radius 2 is 1.70 bits per heavy atom. The smallest absolute Gasteiger partial charge is 0.223 e. The first-order valence-electron chi connectivity index (χ1n) is 11.1. The van der Waals surface area contributed by atoms with Crippen LogP contribution in [-0.4, -0.2) is 61.5 Å². The number of benzene rings is 1. The van der Waals surface area contributed by atoms with E-state index < -0.39 is 10.0 Å². The van der Waals surface area contributed by atoms with Gasteiger partial charge in [-0.25, -0.2) is 17.1 Å². The Kier molecular flexibility index (Phi) is 8.25. The van der Waals surface area contributed by atoms with Crippen LogP contribution in [0.4, 0.5) is 4.39 Å². The lowest BCUT2D eigenvalue weighted by molar-refractivity contribution is -0.127. The summed E-state index contributed by atoms with van der Waals surface area (Å²) in [5.74, 6) is -0.0429. The van der Waals surface area contributed by atoms with E-state index in [9.17, 15) is 17.6 Å². The molecule has 0 saturated carbocycles. The fraction of sp³-hybridized carbons (Fsp3) is 0.682. The molecule has 0 unspecified atom stereocenters. The molecule has 2 aliphatic heterocycles.